The maximum absolute atomic E-state index is 13.5. The Labute approximate surface area is 208 Å². The Morgan fingerprint density at radius 1 is 1.26 bits per heavy atom. The molecule has 3 heterocycles. The second-order valence-corrected chi connectivity index (χ2v) is 10.8. The third-order valence-electron chi connectivity index (χ3n) is 7.55. The van der Waals surface area contributed by atoms with Gasteiger partial charge in [0.15, 0.2) is 6.29 Å². The number of nitrogens with zero attached hydrogens (tertiary/aromatic N) is 1. The van der Waals surface area contributed by atoms with Crippen molar-refractivity contribution in [1.29, 1.82) is 5.26 Å². The average molecular weight is 489 g/mol. The number of fused-ring (bicyclic) bond motifs is 2. The zero-order valence-electron chi connectivity index (χ0n) is 21.3. The summed E-state index contributed by atoms with van der Waals surface area (Å²) in [6, 6.07) is 0.959. The van der Waals surface area contributed by atoms with E-state index in [0.29, 0.717) is 31.6 Å². The van der Waals surface area contributed by atoms with E-state index in [2.05, 4.69) is 28.6 Å². The van der Waals surface area contributed by atoms with Crippen LogP contribution in [0, 0.1) is 46.8 Å². The van der Waals surface area contributed by atoms with Gasteiger partial charge in [-0.15, -0.1) is 0 Å². The van der Waals surface area contributed by atoms with Gasteiger partial charge >= 0.3 is 0 Å². The smallest absolute Gasteiger partial charge is 0.242 e. The summed E-state index contributed by atoms with van der Waals surface area (Å²) < 4.78 is 11.4. The van der Waals surface area contributed by atoms with Gasteiger partial charge in [-0.2, -0.15) is 5.26 Å². The highest BCUT2D eigenvalue weighted by atomic mass is 16.7. The summed E-state index contributed by atoms with van der Waals surface area (Å²) in [6.45, 7) is 13.1. The molecule has 35 heavy (non-hydrogen) atoms. The number of carbonyl (C=O) groups excluding carboxylic acids is 3. The molecule has 2 unspecified atom stereocenters. The number of rotatable bonds is 9. The van der Waals surface area contributed by atoms with E-state index in [0.717, 1.165) is 12.8 Å². The largest absolute Gasteiger partial charge is 0.356 e. The van der Waals surface area contributed by atoms with Crippen LogP contribution in [-0.2, 0) is 23.9 Å². The molecule has 3 saturated heterocycles. The Balaban J connectivity index is 1.72. The highest BCUT2D eigenvalue weighted by Gasteiger charge is 2.46. The molecule has 2 bridgehead atoms. The van der Waals surface area contributed by atoms with Crippen LogP contribution in [0.4, 0.5) is 0 Å². The molecule has 0 spiro atoms. The van der Waals surface area contributed by atoms with Crippen LogP contribution in [0.15, 0.2) is 12.2 Å². The number of carbonyl (C=O) groups is 3. The maximum atomic E-state index is 13.5. The van der Waals surface area contributed by atoms with Crippen molar-refractivity contribution in [3.8, 4) is 6.07 Å². The van der Waals surface area contributed by atoms with Crippen LogP contribution in [0.3, 0.4) is 0 Å². The van der Waals surface area contributed by atoms with Crippen LogP contribution < -0.4 is 16.0 Å². The van der Waals surface area contributed by atoms with E-state index >= 15 is 0 Å². The minimum Gasteiger partial charge on any atom is -0.356 e. The number of nitriles is 1. The number of ether oxygens (including phenoxy) is 2. The monoisotopic (exact) mass is 488 g/mol. The number of hydrogen-bond acceptors (Lipinski definition) is 6. The molecule has 9 heteroatoms. The topological polar surface area (TPSA) is 130 Å². The molecule has 3 N–H and O–H groups in total. The number of amides is 3. The molecule has 0 radical (unpaired) electrons. The van der Waals surface area contributed by atoms with Crippen LogP contribution in [0.5, 0.6) is 0 Å². The molecular weight excluding hydrogens is 448 g/mol. The van der Waals surface area contributed by atoms with E-state index in [1.54, 1.807) is 6.92 Å². The number of nitrogens with one attached hydrogen (secondary N) is 3. The van der Waals surface area contributed by atoms with E-state index in [1.807, 2.05) is 20.8 Å². The SMILES string of the molecule is C=C1CO[C@H]2OC[C@H](C2C)[C@H]1C(=O)N[C@@H](CC(C)C)C(=O)N[C@@H](C[C@@H]1CCCNC1=O)C(C)C#N. The van der Waals surface area contributed by atoms with Gasteiger partial charge < -0.3 is 25.4 Å². The van der Waals surface area contributed by atoms with Crippen molar-refractivity contribution in [2.45, 2.75) is 71.8 Å². The van der Waals surface area contributed by atoms with Crippen molar-refractivity contribution in [2.24, 2.45) is 35.5 Å². The molecule has 3 rings (SSSR count). The summed E-state index contributed by atoms with van der Waals surface area (Å²) in [6.07, 6.45) is 2.11. The fourth-order valence-electron chi connectivity index (χ4n) is 5.37. The van der Waals surface area contributed by atoms with Crippen molar-refractivity contribution in [3.63, 3.8) is 0 Å². The lowest BCUT2D eigenvalue weighted by Crippen LogP contribution is -2.54. The summed E-state index contributed by atoms with van der Waals surface area (Å²) in [4.78, 5) is 39.2. The first-order chi connectivity index (χ1) is 16.6. The van der Waals surface area contributed by atoms with E-state index in [9.17, 15) is 19.6 Å². The third kappa shape index (κ3) is 6.62. The summed E-state index contributed by atoms with van der Waals surface area (Å²) in [5, 5.41) is 18.4. The molecule has 0 aliphatic carbocycles. The molecule has 0 aromatic carbocycles. The lowest BCUT2D eigenvalue weighted by atomic mass is 9.80. The Kier molecular flexibility index (Phi) is 9.31. The van der Waals surface area contributed by atoms with Crippen molar-refractivity contribution >= 4 is 17.7 Å². The Hall–Kier alpha value is -2.44. The average Bonchev–Trinajstić information content (AvgIpc) is 3.10. The summed E-state index contributed by atoms with van der Waals surface area (Å²) >= 11 is 0. The molecule has 3 aliphatic heterocycles. The Bertz CT molecular complexity index is 853. The lowest BCUT2D eigenvalue weighted by Gasteiger charge is -2.31. The van der Waals surface area contributed by atoms with Crippen LogP contribution in [-0.4, -0.2) is 55.9 Å². The lowest BCUT2D eigenvalue weighted by molar-refractivity contribution is -0.133. The molecule has 3 aliphatic rings. The van der Waals surface area contributed by atoms with E-state index < -0.39 is 23.9 Å². The molecule has 0 aromatic heterocycles. The molecule has 194 valence electrons. The first kappa shape index (κ1) is 27.2. The fraction of sp³-hybridized carbons (Fsp3) is 0.769. The highest BCUT2D eigenvalue weighted by Crippen LogP contribution is 2.39. The van der Waals surface area contributed by atoms with Crippen molar-refractivity contribution < 1.29 is 23.9 Å². The second-order valence-electron chi connectivity index (χ2n) is 10.8. The van der Waals surface area contributed by atoms with Gasteiger partial charge in [0.1, 0.15) is 6.04 Å². The quantitative estimate of drug-likeness (QED) is 0.425. The summed E-state index contributed by atoms with van der Waals surface area (Å²) in [7, 11) is 0. The van der Waals surface area contributed by atoms with Gasteiger partial charge in [-0.25, -0.2) is 0 Å². The highest BCUT2D eigenvalue weighted by molar-refractivity contribution is 5.90. The first-order valence-electron chi connectivity index (χ1n) is 12.8. The second kappa shape index (κ2) is 12.0. The number of hydrogen-bond donors (Lipinski definition) is 3. The van der Waals surface area contributed by atoms with Gasteiger partial charge in [0, 0.05) is 30.3 Å². The maximum Gasteiger partial charge on any atom is 0.242 e. The third-order valence-corrected chi connectivity index (χ3v) is 7.55. The van der Waals surface area contributed by atoms with Gasteiger partial charge in [-0.1, -0.05) is 27.4 Å². The van der Waals surface area contributed by atoms with E-state index in [-0.39, 0.29) is 54.3 Å². The molecule has 3 amide bonds. The fourth-order valence-corrected chi connectivity index (χ4v) is 5.37. The first-order valence-corrected chi connectivity index (χ1v) is 12.8. The molecule has 8 atom stereocenters. The Morgan fingerprint density at radius 2 is 2.00 bits per heavy atom. The Morgan fingerprint density at radius 3 is 2.66 bits per heavy atom. The van der Waals surface area contributed by atoms with Crippen LogP contribution in [0.25, 0.3) is 0 Å². The molecule has 0 saturated carbocycles. The summed E-state index contributed by atoms with van der Waals surface area (Å²) in [5.74, 6) is -1.70. The van der Waals surface area contributed by atoms with Gasteiger partial charge in [0.25, 0.3) is 0 Å². The van der Waals surface area contributed by atoms with Crippen LogP contribution in [0.1, 0.15) is 53.4 Å². The van der Waals surface area contributed by atoms with Crippen LogP contribution in [0.2, 0.25) is 0 Å². The van der Waals surface area contributed by atoms with E-state index in [1.165, 1.54) is 0 Å². The van der Waals surface area contributed by atoms with Gasteiger partial charge in [-0.05, 0) is 44.1 Å². The summed E-state index contributed by atoms with van der Waals surface area (Å²) in [5.41, 5.74) is 0.688. The van der Waals surface area contributed by atoms with Crippen molar-refractivity contribution in [3.05, 3.63) is 12.2 Å². The molecule has 3 fully saturated rings. The number of piperidine rings is 1. The minimum atomic E-state index is -0.763. The van der Waals surface area contributed by atoms with E-state index in [4.69, 9.17) is 9.47 Å². The zero-order chi connectivity index (χ0) is 25.7. The van der Waals surface area contributed by atoms with Gasteiger partial charge in [0.2, 0.25) is 17.7 Å². The van der Waals surface area contributed by atoms with Crippen molar-refractivity contribution in [1.82, 2.24) is 16.0 Å². The molecule has 0 aromatic rings. The van der Waals surface area contributed by atoms with Crippen molar-refractivity contribution in [2.75, 3.05) is 19.8 Å². The standard InChI is InChI=1S/C26H40N4O5/c1-14(2)9-21(30-25(33)22-16(4)12-34-26-17(5)19(22)13-35-26)24(32)29-20(15(3)11-27)10-18-7-6-8-28-23(18)31/h14-15,17-22,26H,4,6-10,12-13H2,1-3,5H3,(H,28,31)(H,29,32)(H,30,33)/t15?,17?,18-,19+,20-,21-,22-,26-/m0/s1. The molecule has 9 nitrogen and oxygen atoms in total. The predicted molar refractivity (Wildman–Crippen MR) is 129 cm³/mol. The zero-order valence-corrected chi connectivity index (χ0v) is 21.3. The molecular formula is C26H40N4O5. The van der Waals surface area contributed by atoms with Crippen LogP contribution >= 0.6 is 0 Å². The van der Waals surface area contributed by atoms with Gasteiger partial charge in [-0.3, -0.25) is 14.4 Å². The predicted octanol–water partition coefficient (Wildman–Crippen LogP) is 1.89. The normalized spacial score (nSPS) is 31.0. The van der Waals surface area contributed by atoms with Gasteiger partial charge in [0.05, 0.1) is 31.1 Å². The minimum absolute atomic E-state index is 0.0343.